The molecule has 2 aromatic rings. The molecular formula is C13H11Cl2F3N2O4. The lowest BCUT2D eigenvalue weighted by Crippen LogP contribution is -2.33. The first-order chi connectivity index (χ1) is 11.1. The maximum atomic E-state index is 13.4. The highest BCUT2D eigenvalue weighted by molar-refractivity contribution is 6.38. The molecule has 0 spiro atoms. The van der Waals surface area contributed by atoms with Gasteiger partial charge >= 0.3 is 6.18 Å². The Hall–Kier alpha value is -1.10. The van der Waals surface area contributed by atoms with Gasteiger partial charge in [0, 0.05) is 5.02 Å². The maximum absolute atomic E-state index is 13.4. The van der Waals surface area contributed by atoms with Crippen LogP contribution in [0.25, 0.3) is 11.0 Å². The Bertz CT molecular complexity index is 783. The molecule has 1 aliphatic heterocycles. The van der Waals surface area contributed by atoms with Gasteiger partial charge in [0.25, 0.3) is 0 Å². The van der Waals surface area contributed by atoms with Crippen molar-refractivity contribution < 1.29 is 33.2 Å². The highest BCUT2D eigenvalue weighted by atomic mass is 35.5. The molecule has 1 fully saturated rings. The quantitative estimate of drug-likeness (QED) is 0.734. The second-order valence-corrected chi connectivity index (χ2v) is 6.13. The van der Waals surface area contributed by atoms with Crippen molar-refractivity contribution in [3.63, 3.8) is 0 Å². The highest BCUT2D eigenvalue weighted by Crippen LogP contribution is 2.40. The van der Waals surface area contributed by atoms with Crippen molar-refractivity contribution in [1.82, 2.24) is 9.55 Å². The molecule has 2 heterocycles. The zero-order valence-corrected chi connectivity index (χ0v) is 13.2. The monoisotopic (exact) mass is 386 g/mol. The molecule has 132 valence electrons. The van der Waals surface area contributed by atoms with E-state index in [0.29, 0.717) is 4.57 Å². The van der Waals surface area contributed by atoms with Crippen LogP contribution in [-0.2, 0) is 10.9 Å². The molecular weight excluding hydrogens is 376 g/mol. The lowest BCUT2D eigenvalue weighted by atomic mass is 10.1. The van der Waals surface area contributed by atoms with Crippen molar-refractivity contribution in [2.75, 3.05) is 6.61 Å². The predicted molar refractivity (Wildman–Crippen MR) is 77.8 cm³/mol. The number of halogens is 5. The van der Waals surface area contributed by atoms with Crippen LogP contribution in [0.5, 0.6) is 0 Å². The molecule has 0 radical (unpaired) electrons. The van der Waals surface area contributed by atoms with E-state index in [1.807, 2.05) is 0 Å². The van der Waals surface area contributed by atoms with Crippen LogP contribution in [0.1, 0.15) is 12.1 Å². The number of aromatic nitrogens is 2. The average molecular weight is 387 g/mol. The summed E-state index contributed by atoms with van der Waals surface area (Å²) in [6.45, 7) is -0.676. The molecule has 0 amide bonds. The molecule has 11 heteroatoms. The second kappa shape index (κ2) is 6.01. The summed E-state index contributed by atoms with van der Waals surface area (Å²) in [7, 11) is 0. The summed E-state index contributed by atoms with van der Waals surface area (Å²) < 4.78 is 45.9. The standard InChI is InChI=1S/C13H11Cl2F3N2O4/c14-4-1-5(15)8-6(2-4)20(12(19-8)13(16,17)18)11-10(23)9(22)7(3-21)24-11/h1-2,7,9-11,21-23H,3H2/t7-,9-,10-,11-/m1/s1. The number of hydrogen-bond acceptors (Lipinski definition) is 5. The number of nitrogens with zero attached hydrogens (tertiary/aromatic N) is 2. The Labute approximate surface area is 143 Å². The number of alkyl halides is 3. The SMILES string of the molecule is OC[C@H]1O[C@@H](n2c(C(F)(F)F)nc3c(Cl)cc(Cl)cc32)[C@H](O)[C@@H]1O. The molecule has 0 saturated carbocycles. The summed E-state index contributed by atoms with van der Waals surface area (Å²) in [5, 5.41) is 28.9. The lowest BCUT2D eigenvalue weighted by molar-refractivity contribution is -0.154. The zero-order chi connectivity index (χ0) is 17.8. The van der Waals surface area contributed by atoms with Gasteiger partial charge in [-0.2, -0.15) is 13.2 Å². The third kappa shape index (κ3) is 2.75. The van der Waals surface area contributed by atoms with E-state index in [2.05, 4.69) is 4.98 Å². The summed E-state index contributed by atoms with van der Waals surface area (Å²) in [6, 6.07) is 2.43. The summed E-state index contributed by atoms with van der Waals surface area (Å²) in [5.74, 6) is -1.36. The second-order valence-electron chi connectivity index (χ2n) is 5.29. The first kappa shape index (κ1) is 17.7. The lowest BCUT2D eigenvalue weighted by Gasteiger charge is -2.20. The van der Waals surface area contributed by atoms with Crippen LogP contribution < -0.4 is 0 Å². The zero-order valence-electron chi connectivity index (χ0n) is 11.7. The Morgan fingerprint density at radius 1 is 1.21 bits per heavy atom. The van der Waals surface area contributed by atoms with Gasteiger partial charge in [-0.05, 0) is 12.1 Å². The van der Waals surface area contributed by atoms with E-state index < -0.39 is 43.1 Å². The van der Waals surface area contributed by atoms with Crippen molar-refractivity contribution in [3.05, 3.63) is 28.0 Å². The fourth-order valence-electron chi connectivity index (χ4n) is 2.67. The summed E-state index contributed by atoms with van der Waals surface area (Å²) in [5.41, 5.74) is -0.291. The van der Waals surface area contributed by atoms with Gasteiger partial charge in [0.2, 0.25) is 5.82 Å². The molecule has 1 saturated heterocycles. The van der Waals surface area contributed by atoms with Crippen LogP contribution in [0.2, 0.25) is 10.0 Å². The van der Waals surface area contributed by atoms with Crippen molar-refractivity contribution >= 4 is 34.2 Å². The van der Waals surface area contributed by atoms with Crippen LogP contribution in [-0.4, -0.2) is 49.8 Å². The number of fused-ring (bicyclic) bond motifs is 1. The summed E-state index contributed by atoms with van der Waals surface area (Å²) >= 11 is 11.8. The van der Waals surface area contributed by atoms with Crippen LogP contribution in [0.4, 0.5) is 13.2 Å². The topological polar surface area (TPSA) is 87.7 Å². The van der Waals surface area contributed by atoms with Gasteiger partial charge in [0.15, 0.2) is 6.23 Å². The summed E-state index contributed by atoms with van der Waals surface area (Å²) in [6.07, 6.45) is -11.0. The normalized spacial score (nSPS) is 28.0. The van der Waals surface area contributed by atoms with Crippen molar-refractivity contribution in [2.45, 2.75) is 30.7 Å². The molecule has 0 unspecified atom stereocenters. The Balaban J connectivity index is 2.26. The van der Waals surface area contributed by atoms with E-state index in [0.717, 1.165) is 0 Å². The third-order valence-corrected chi connectivity index (χ3v) is 4.24. The van der Waals surface area contributed by atoms with E-state index in [4.69, 9.17) is 33.0 Å². The van der Waals surface area contributed by atoms with Gasteiger partial charge in [0.05, 0.1) is 17.1 Å². The number of rotatable bonds is 2. The fraction of sp³-hybridized carbons (Fsp3) is 0.462. The van der Waals surface area contributed by atoms with E-state index in [9.17, 15) is 23.4 Å². The molecule has 6 nitrogen and oxygen atoms in total. The van der Waals surface area contributed by atoms with Gasteiger partial charge in [-0.25, -0.2) is 4.98 Å². The number of benzene rings is 1. The van der Waals surface area contributed by atoms with Crippen molar-refractivity contribution in [1.29, 1.82) is 0 Å². The Kier molecular flexibility index (Phi) is 4.44. The minimum absolute atomic E-state index is 0.0640. The van der Waals surface area contributed by atoms with Crippen LogP contribution in [0.3, 0.4) is 0 Å². The third-order valence-electron chi connectivity index (χ3n) is 3.74. The minimum atomic E-state index is -4.87. The van der Waals surface area contributed by atoms with Crippen molar-refractivity contribution in [2.24, 2.45) is 0 Å². The molecule has 3 rings (SSSR count). The van der Waals surface area contributed by atoms with Crippen LogP contribution >= 0.6 is 23.2 Å². The summed E-state index contributed by atoms with van der Waals surface area (Å²) in [4.78, 5) is 3.49. The van der Waals surface area contributed by atoms with E-state index in [1.165, 1.54) is 12.1 Å². The molecule has 1 aromatic heterocycles. The molecule has 0 aliphatic carbocycles. The van der Waals surface area contributed by atoms with Crippen LogP contribution in [0.15, 0.2) is 12.1 Å². The van der Waals surface area contributed by atoms with E-state index in [1.54, 1.807) is 0 Å². The number of hydrogen-bond donors (Lipinski definition) is 3. The highest BCUT2D eigenvalue weighted by Gasteiger charge is 2.48. The maximum Gasteiger partial charge on any atom is 0.449 e. The van der Waals surface area contributed by atoms with E-state index >= 15 is 0 Å². The van der Waals surface area contributed by atoms with Gasteiger partial charge in [-0.3, -0.25) is 4.57 Å². The van der Waals surface area contributed by atoms with Crippen LogP contribution in [0, 0.1) is 0 Å². The van der Waals surface area contributed by atoms with Gasteiger partial charge in [-0.15, -0.1) is 0 Å². The molecule has 0 bridgehead atoms. The fourth-order valence-corrected chi connectivity index (χ4v) is 3.20. The number of imidazole rings is 1. The van der Waals surface area contributed by atoms with Gasteiger partial charge < -0.3 is 20.1 Å². The Morgan fingerprint density at radius 3 is 2.42 bits per heavy atom. The number of aliphatic hydroxyl groups is 3. The minimum Gasteiger partial charge on any atom is -0.394 e. The molecule has 4 atom stereocenters. The predicted octanol–water partition coefficient (Wildman–Crippen LogP) is 1.97. The van der Waals surface area contributed by atoms with Gasteiger partial charge in [0.1, 0.15) is 23.8 Å². The van der Waals surface area contributed by atoms with E-state index in [-0.39, 0.29) is 21.1 Å². The molecule has 3 N–H and O–H groups in total. The smallest absolute Gasteiger partial charge is 0.394 e. The molecule has 1 aliphatic rings. The first-order valence-corrected chi connectivity index (χ1v) is 7.47. The number of ether oxygens (including phenoxy) is 1. The molecule has 1 aromatic carbocycles. The van der Waals surface area contributed by atoms with Gasteiger partial charge in [-0.1, -0.05) is 23.2 Å². The molecule has 24 heavy (non-hydrogen) atoms. The largest absolute Gasteiger partial charge is 0.449 e. The average Bonchev–Trinajstić information content (AvgIpc) is 2.98. The Morgan fingerprint density at radius 2 is 1.88 bits per heavy atom. The van der Waals surface area contributed by atoms with Crippen molar-refractivity contribution in [3.8, 4) is 0 Å². The first-order valence-electron chi connectivity index (χ1n) is 6.71. The number of aliphatic hydroxyl groups excluding tert-OH is 3.